The Hall–Kier alpha value is -1.13. The average Bonchev–Trinajstić information content (AvgIpc) is 3.01. The number of hydrogen-bond acceptors (Lipinski definition) is 3. The summed E-state index contributed by atoms with van der Waals surface area (Å²) in [6.45, 7) is 4.06. The van der Waals surface area contributed by atoms with Gasteiger partial charge < -0.3 is 5.32 Å². The van der Waals surface area contributed by atoms with Crippen molar-refractivity contribution in [1.29, 1.82) is 0 Å². The van der Waals surface area contributed by atoms with E-state index in [2.05, 4.69) is 35.1 Å². The zero-order valence-corrected chi connectivity index (χ0v) is 12.9. The van der Waals surface area contributed by atoms with Crippen molar-refractivity contribution in [3.05, 3.63) is 44.8 Å². The SMILES string of the molecule is CC(Cc1cccs1)NC(=O)C(C)Cc1cccs1. The second kappa shape index (κ2) is 6.87. The zero-order chi connectivity index (χ0) is 13.7. The van der Waals surface area contributed by atoms with Crippen molar-refractivity contribution < 1.29 is 4.79 Å². The van der Waals surface area contributed by atoms with Crippen LogP contribution in [0.4, 0.5) is 0 Å². The summed E-state index contributed by atoms with van der Waals surface area (Å²) in [5.41, 5.74) is 0. The highest BCUT2D eigenvalue weighted by Gasteiger charge is 2.16. The molecule has 4 heteroatoms. The molecule has 2 aromatic heterocycles. The third kappa shape index (κ3) is 4.48. The molecule has 0 aromatic carbocycles. The number of rotatable bonds is 6. The van der Waals surface area contributed by atoms with E-state index in [1.54, 1.807) is 22.7 Å². The second-order valence-electron chi connectivity index (χ2n) is 4.88. The van der Waals surface area contributed by atoms with Gasteiger partial charge in [-0.2, -0.15) is 0 Å². The van der Waals surface area contributed by atoms with Gasteiger partial charge in [0.2, 0.25) is 5.91 Å². The predicted molar refractivity (Wildman–Crippen MR) is 82.8 cm³/mol. The molecular weight excluding hydrogens is 274 g/mol. The van der Waals surface area contributed by atoms with Crippen LogP contribution in [0, 0.1) is 5.92 Å². The molecule has 1 N–H and O–H groups in total. The first-order chi connectivity index (χ1) is 9.15. The Morgan fingerprint density at radius 3 is 2.21 bits per heavy atom. The molecule has 0 saturated carbocycles. The van der Waals surface area contributed by atoms with Crippen LogP contribution in [-0.2, 0) is 17.6 Å². The van der Waals surface area contributed by atoms with Crippen LogP contribution in [0.5, 0.6) is 0 Å². The lowest BCUT2D eigenvalue weighted by Gasteiger charge is -2.16. The van der Waals surface area contributed by atoms with E-state index >= 15 is 0 Å². The average molecular weight is 293 g/mol. The maximum absolute atomic E-state index is 12.1. The lowest BCUT2D eigenvalue weighted by molar-refractivity contribution is -0.125. The maximum Gasteiger partial charge on any atom is 0.223 e. The van der Waals surface area contributed by atoms with Gasteiger partial charge in [0.1, 0.15) is 0 Å². The van der Waals surface area contributed by atoms with E-state index in [0.29, 0.717) is 0 Å². The van der Waals surface area contributed by atoms with Gasteiger partial charge in [0.15, 0.2) is 0 Å². The molecule has 102 valence electrons. The summed E-state index contributed by atoms with van der Waals surface area (Å²) < 4.78 is 0. The van der Waals surface area contributed by atoms with Gasteiger partial charge in [-0.1, -0.05) is 19.1 Å². The number of carbonyl (C=O) groups is 1. The van der Waals surface area contributed by atoms with Crippen LogP contribution >= 0.6 is 22.7 Å². The summed E-state index contributed by atoms with van der Waals surface area (Å²) in [6.07, 6.45) is 1.74. The molecule has 0 radical (unpaired) electrons. The Kier molecular flexibility index (Phi) is 5.16. The predicted octanol–water partition coefficient (Wildman–Crippen LogP) is 3.74. The lowest BCUT2D eigenvalue weighted by atomic mass is 10.1. The molecular formula is C15H19NOS2. The van der Waals surface area contributed by atoms with E-state index < -0.39 is 0 Å². The van der Waals surface area contributed by atoms with Crippen LogP contribution < -0.4 is 5.32 Å². The van der Waals surface area contributed by atoms with Crippen molar-refractivity contribution >= 4 is 28.6 Å². The molecule has 2 atom stereocenters. The van der Waals surface area contributed by atoms with Gasteiger partial charge in [-0.15, -0.1) is 22.7 Å². The van der Waals surface area contributed by atoms with E-state index in [9.17, 15) is 4.79 Å². The summed E-state index contributed by atoms with van der Waals surface area (Å²) in [6, 6.07) is 8.47. The van der Waals surface area contributed by atoms with Crippen LogP contribution in [0.3, 0.4) is 0 Å². The number of nitrogens with one attached hydrogen (secondary N) is 1. The minimum absolute atomic E-state index is 0.0319. The number of hydrogen-bond donors (Lipinski definition) is 1. The fraction of sp³-hybridized carbons (Fsp3) is 0.400. The van der Waals surface area contributed by atoms with Crippen molar-refractivity contribution in [3.8, 4) is 0 Å². The van der Waals surface area contributed by atoms with Crippen LogP contribution in [0.1, 0.15) is 23.6 Å². The Morgan fingerprint density at radius 1 is 1.11 bits per heavy atom. The van der Waals surface area contributed by atoms with Gasteiger partial charge in [-0.3, -0.25) is 4.79 Å². The Morgan fingerprint density at radius 2 is 1.68 bits per heavy atom. The van der Waals surface area contributed by atoms with Gasteiger partial charge >= 0.3 is 0 Å². The molecule has 0 aliphatic rings. The normalized spacial score (nSPS) is 14.0. The first-order valence-corrected chi connectivity index (χ1v) is 8.26. The third-order valence-electron chi connectivity index (χ3n) is 3.01. The Bertz CT molecular complexity index is 490. The first kappa shape index (κ1) is 14.3. The molecule has 0 aliphatic heterocycles. The van der Waals surface area contributed by atoms with E-state index in [1.165, 1.54) is 9.75 Å². The van der Waals surface area contributed by atoms with Gasteiger partial charge in [0, 0.05) is 28.1 Å². The summed E-state index contributed by atoms with van der Waals surface area (Å²) in [7, 11) is 0. The number of thiophene rings is 2. The van der Waals surface area contributed by atoms with Crippen molar-refractivity contribution in [2.24, 2.45) is 5.92 Å². The Balaban J connectivity index is 1.79. The molecule has 0 aliphatic carbocycles. The molecule has 2 nitrogen and oxygen atoms in total. The standard InChI is InChI=1S/C15H19NOS2/c1-11(9-13-5-3-7-18-13)15(17)16-12(2)10-14-6-4-8-19-14/h3-8,11-12H,9-10H2,1-2H3,(H,16,17). The molecule has 2 aromatic rings. The number of carbonyl (C=O) groups excluding carboxylic acids is 1. The van der Waals surface area contributed by atoms with Crippen molar-refractivity contribution in [2.75, 3.05) is 0 Å². The third-order valence-corrected chi connectivity index (χ3v) is 4.81. The first-order valence-electron chi connectivity index (χ1n) is 6.50. The smallest absolute Gasteiger partial charge is 0.223 e. The van der Waals surface area contributed by atoms with E-state index in [4.69, 9.17) is 0 Å². The van der Waals surface area contributed by atoms with E-state index in [-0.39, 0.29) is 17.9 Å². The largest absolute Gasteiger partial charge is 0.353 e. The molecule has 0 spiro atoms. The monoisotopic (exact) mass is 293 g/mol. The molecule has 19 heavy (non-hydrogen) atoms. The quantitative estimate of drug-likeness (QED) is 0.864. The van der Waals surface area contributed by atoms with Crippen LogP contribution in [0.2, 0.25) is 0 Å². The van der Waals surface area contributed by atoms with Crippen molar-refractivity contribution in [1.82, 2.24) is 5.32 Å². The summed E-state index contributed by atoms with van der Waals surface area (Å²) in [5, 5.41) is 7.23. The molecule has 2 heterocycles. The highest BCUT2D eigenvalue weighted by atomic mass is 32.1. The minimum atomic E-state index is 0.0319. The van der Waals surface area contributed by atoms with Crippen LogP contribution in [0.25, 0.3) is 0 Å². The van der Waals surface area contributed by atoms with Gasteiger partial charge in [-0.25, -0.2) is 0 Å². The zero-order valence-electron chi connectivity index (χ0n) is 11.3. The van der Waals surface area contributed by atoms with E-state index in [1.807, 2.05) is 19.1 Å². The van der Waals surface area contributed by atoms with Crippen molar-refractivity contribution in [2.45, 2.75) is 32.7 Å². The van der Waals surface area contributed by atoms with Gasteiger partial charge in [0.25, 0.3) is 0 Å². The molecule has 2 rings (SSSR count). The summed E-state index contributed by atoms with van der Waals surface area (Å²) in [4.78, 5) is 14.7. The van der Waals surface area contributed by atoms with Gasteiger partial charge in [0.05, 0.1) is 0 Å². The van der Waals surface area contributed by atoms with Gasteiger partial charge in [-0.05, 0) is 36.2 Å². The second-order valence-corrected chi connectivity index (χ2v) is 6.94. The fourth-order valence-electron chi connectivity index (χ4n) is 1.99. The maximum atomic E-state index is 12.1. The summed E-state index contributed by atoms with van der Waals surface area (Å²) in [5.74, 6) is 0.182. The molecule has 0 bridgehead atoms. The summed E-state index contributed by atoms with van der Waals surface area (Å²) >= 11 is 3.45. The highest BCUT2D eigenvalue weighted by Crippen LogP contribution is 2.15. The highest BCUT2D eigenvalue weighted by molar-refractivity contribution is 7.10. The fourth-order valence-corrected chi connectivity index (χ4v) is 3.66. The molecule has 0 saturated heterocycles. The van der Waals surface area contributed by atoms with Crippen LogP contribution in [0.15, 0.2) is 35.0 Å². The molecule has 1 amide bonds. The molecule has 2 unspecified atom stereocenters. The van der Waals surface area contributed by atoms with E-state index in [0.717, 1.165) is 12.8 Å². The number of amides is 1. The minimum Gasteiger partial charge on any atom is -0.353 e. The Labute approximate surface area is 122 Å². The van der Waals surface area contributed by atoms with Crippen LogP contribution in [-0.4, -0.2) is 11.9 Å². The molecule has 0 fully saturated rings. The van der Waals surface area contributed by atoms with Crippen molar-refractivity contribution in [3.63, 3.8) is 0 Å². The topological polar surface area (TPSA) is 29.1 Å². The lowest BCUT2D eigenvalue weighted by Crippen LogP contribution is -2.38.